The van der Waals surface area contributed by atoms with E-state index < -0.39 is 17.9 Å². The lowest BCUT2D eigenvalue weighted by Gasteiger charge is -2.20. The lowest BCUT2D eigenvalue weighted by molar-refractivity contribution is -0.143. The Balaban J connectivity index is 1.81. The quantitative estimate of drug-likeness (QED) is 0.922. The molecule has 1 atom stereocenters. The van der Waals surface area contributed by atoms with E-state index in [1.807, 2.05) is 0 Å². The molecule has 4 nitrogen and oxygen atoms in total. The number of amides is 1. The zero-order valence-electron chi connectivity index (χ0n) is 13.4. The summed E-state index contributed by atoms with van der Waals surface area (Å²) in [4.78, 5) is 16.2. The van der Waals surface area contributed by atoms with Crippen molar-refractivity contribution in [2.75, 3.05) is 0 Å². The van der Waals surface area contributed by atoms with E-state index in [0.29, 0.717) is 5.39 Å². The monoisotopic (exact) mass is 339 g/mol. The fraction of sp³-hybridized carbons (Fsp3) is 0.529. The molecule has 7 heteroatoms. The van der Waals surface area contributed by atoms with Gasteiger partial charge in [0.1, 0.15) is 11.3 Å². The zero-order chi connectivity index (χ0) is 17.3. The van der Waals surface area contributed by atoms with Crippen molar-refractivity contribution < 1.29 is 18.0 Å². The van der Waals surface area contributed by atoms with Crippen LogP contribution in [0, 0.1) is 5.92 Å². The second kappa shape index (κ2) is 6.45. The van der Waals surface area contributed by atoms with Crippen molar-refractivity contribution in [3.05, 3.63) is 30.1 Å². The van der Waals surface area contributed by atoms with Crippen LogP contribution in [0.2, 0.25) is 0 Å². The maximum atomic E-state index is 13.3. The highest BCUT2D eigenvalue weighted by molar-refractivity contribution is 5.79. The number of fused-ring (bicyclic) bond motifs is 1. The summed E-state index contributed by atoms with van der Waals surface area (Å²) in [7, 11) is 0. The zero-order valence-corrected chi connectivity index (χ0v) is 13.4. The van der Waals surface area contributed by atoms with Crippen molar-refractivity contribution >= 4 is 16.9 Å². The molecule has 1 fully saturated rings. The van der Waals surface area contributed by atoms with Crippen molar-refractivity contribution in [1.29, 1.82) is 0 Å². The number of carbonyl (C=O) groups is 1. The van der Waals surface area contributed by atoms with Crippen LogP contribution in [0.3, 0.4) is 0 Å². The summed E-state index contributed by atoms with van der Waals surface area (Å²) in [6.07, 6.45) is 0.811. The number of pyridine rings is 1. The molecule has 1 N–H and O–H groups in total. The SMILES string of the molecule is C[C@H](Cn1c(C(F)(F)F)cc2cccnc21)NC(=O)C1CCCC1. The maximum Gasteiger partial charge on any atom is 0.431 e. The number of halogens is 3. The molecule has 0 bridgehead atoms. The smallest absolute Gasteiger partial charge is 0.352 e. The molecule has 1 aliphatic rings. The Morgan fingerprint density at radius 3 is 2.79 bits per heavy atom. The lowest BCUT2D eigenvalue weighted by Crippen LogP contribution is -2.39. The van der Waals surface area contributed by atoms with Crippen LogP contribution in [0.25, 0.3) is 11.0 Å². The van der Waals surface area contributed by atoms with Gasteiger partial charge in [0.05, 0.1) is 0 Å². The van der Waals surface area contributed by atoms with Gasteiger partial charge in [0.15, 0.2) is 0 Å². The minimum absolute atomic E-state index is 0.00549. The molecule has 2 aromatic heterocycles. The molecule has 130 valence electrons. The Bertz CT molecular complexity index is 732. The molecule has 2 aromatic rings. The van der Waals surface area contributed by atoms with Gasteiger partial charge in [0.2, 0.25) is 5.91 Å². The average molecular weight is 339 g/mol. The van der Waals surface area contributed by atoms with E-state index in [0.717, 1.165) is 36.3 Å². The predicted octanol–water partition coefficient (Wildman–Crippen LogP) is 3.75. The van der Waals surface area contributed by atoms with Crippen LogP contribution in [0.15, 0.2) is 24.4 Å². The van der Waals surface area contributed by atoms with Gasteiger partial charge in [-0.2, -0.15) is 13.2 Å². The van der Waals surface area contributed by atoms with Gasteiger partial charge in [-0.15, -0.1) is 0 Å². The molecule has 0 spiro atoms. The van der Waals surface area contributed by atoms with E-state index in [4.69, 9.17) is 0 Å². The molecule has 0 radical (unpaired) electrons. The van der Waals surface area contributed by atoms with E-state index >= 15 is 0 Å². The first-order valence-electron chi connectivity index (χ1n) is 8.18. The molecule has 0 saturated heterocycles. The van der Waals surface area contributed by atoms with E-state index in [1.54, 1.807) is 19.1 Å². The lowest BCUT2D eigenvalue weighted by atomic mass is 10.1. The summed E-state index contributed by atoms with van der Waals surface area (Å²) in [6, 6.07) is 3.92. The molecular formula is C17H20F3N3O. The first kappa shape index (κ1) is 16.8. The largest absolute Gasteiger partial charge is 0.431 e. The molecular weight excluding hydrogens is 319 g/mol. The molecule has 2 heterocycles. The van der Waals surface area contributed by atoms with Crippen LogP contribution < -0.4 is 5.32 Å². The van der Waals surface area contributed by atoms with Gasteiger partial charge in [-0.05, 0) is 38.0 Å². The molecule has 0 aliphatic heterocycles. The van der Waals surface area contributed by atoms with E-state index in [-0.39, 0.29) is 24.0 Å². The minimum Gasteiger partial charge on any atom is -0.352 e. The van der Waals surface area contributed by atoms with Crippen LogP contribution >= 0.6 is 0 Å². The number of rotatable bonds is 4. The van der Waals surface area contributed by atoms with E-state index in [2.05, 4.69) is 10.3 Å². The third kappa shape index (κ3) is 3.39. The second-order valence-electron chi connectivity index (χ2n) is 6.45. The first-order valence-corrected chi connectivity index (χ1v) is 8.18. The summed E-state index contributed by atoms with van der Waals surface area (Å²) >= 11 is 0. The van der Waals surface area contributed by atoms with Gasteiger partial charge in [0.25, 0.3) is 0 Å². The molecule has 1 amide bonds. The number of hydrogen-bond acceptors (Lipinski definition) is 2. The third-order valence-corrected chi connectivity index (χ3v) is 4.52. The Labute approximate surface area is 138 Å². The van der Waals surface area contributed by atoms with Crippen molar-refractivity contribution in [1.82, 2.24) is 14.9 Å². The van der Waals surface area contributed by atoms with Crippen molar-refractivity contribution in [3.8, 4) is 0 Å². The summed E-state index contributed by atoms with van der Waals surface area (Å²) in [5.74, 6) is -0.0629. The second-order valence-corrected chi connectivity index (χ2v) is 6.45. The average Bonchev–Trinajstić information content (AvgIpc) is 3.15. The van der Waals surface area contributed by atoms with Crippen molar-refractivity contribution in [3.63, 3.8) is 0 Å². The number of alkyl halides is 3. The van der Waals surface area contributed by atoms with Gasteiger partial charge >= 0.3 is 6.18 Å². The number of carbonyl (C=O) groups excluding carboxylic acids is 1. The van der Waals surface area contributed by atoms with Crippen LogP contribution in [0.1, 0.15) is 38.3 Å². The first-order chi connectivity index (χ1) is 11.4. The Morgan fingerprint density at radius 2 is 2.12 bits per heavy atom. The van der Waals surface area contributed by atoms with Gasteiger partial charge in [-0.1, -0.05) is 12.8 Å². The highest BCUT2D eigenvalue weighted by Gasteiger charge is 2.36. The van der Waals surface area contributed by atoms with Crippen LogP contribution in [0.4, 0.5) is 13.2 Å². The highest BCUT2D eigenvalue weighted by atomic mass is 19.4. The Kier molecular flexibility index (Phi) is 4.51. The summed E-state index contributed by atoms with van der Waals surface area (Å²) in [5.41, 5.74) is -0.454. The van der Waals surface area contributed by atoms with E-state index in [1.165, 1.54) is 6.20 Å². The summed E-state index contributed by atoms with van der Waals surface area (Å²) in [5, 5.41) is 3.29. The number of hydrogen-bond donors (Lipinski definition) is 1. The molecule has 24 heavy (non-hydrogen) atoms. The van der Waals surface area contributed by atoms with Crippen LogP contribution in [0.5, 0.6) is 0 Å². The fourth-order valence-electron chi connectivity index (χ4n) is 3.37. The normalized spacial score (nSPS) is 17.3. The standard InChI is InChI=1S/C17H20F3N3O/c1-11(22-16(24)12-5-2-3-6-12)10-23-14(17(18,19)20)9-13-7-4-8-21-15(13)23/h4,7-9,11-12H,2-3,5-6,10H2,1H3,(H,22,24)/t11-/m1/s1. The molecule has 0 aromatic carbocycles. The molecule has 0 unspecified atom stereocenters. The highest BCUT2D eigenvalue weighted by Crippen LogP contribution is 2.33. The summed E-state index contributed by atoms with van der Waals surface area (Å²) in [6.45, 7) is 1.76. The number of nitrogens with zero attached hydrogens (tertiary/aromatic N) is 2. The van der Waals surface area contributed by atoms with Crippen LogP contribution in [-0.4, -0.2) is 21.5 Å². The van der Waals surface area contributed by atoms with Crippen LogP contribution in [-0.2, 0) is 17.5 Å². The number of nitrogens with one attached hydrogen (secondary N) is 1. The summed E-state index contributed by atoms with van der Waals surface area (Å²) < 4.78 is 41.1. The maximum absolute atomic E-state index is 13.3. The van der Waals surface area contributed by atoms with Gasteiger partial charge < -0.3 is 9.88 Å². The Morgan fingerprint density at radius 1 is 1.42 bits per heavy atom. The Hall–Kier alpha value is -2.05. The van der Waals surface area contributed by atoms with Gasteiger partial charge in [-0.25, -0.2) is 4.98 Å². The predicted molar refractivity (Wildman–Crippen MR) is 84.3 cm³/mol. The fourth-order valence-corrected chi connectivity index (χ4v) is 3.37. The molecule has 1 aliphatic carbocycles. The third-order valence-electron chi connectivity index (χ3n) is 4.52. The van der Waals surface area contributed by atoms with Crippen molar-refractivity contribution in [2.45, 2.75) is 51.4 Å². The van der Waals surface area contributed by atoms with Gasteiger partial charge in [-0.3, -0.25) is 4.79 Å². The number of aromatic nitrogens is 2. The van der Waals surface area contributed by atoms with Crippen molar-refractivity contribution in [2.24, 2.45) is 5.92 Å². The topological polar surface area (TPSA) is 46.9 Å². The van der Waals surface area contributed by atoms with E-state index in [9.17, 15) is 18.0 Å². The molecule has 3 rings (SSSR count). The van der Waals surface area contributed by atoms with Gasteiger partial charge in [0, 0.05) is 30.1 Å². The minimum atomic E-state index is -4.46. The molecule has 1 saturated carbocycles.